The van der Waals surface area contributed by atoms with Crippen LogP contribution in [0.1, 0.15) is 35.3 Å². The standard InChI is InChI=1S/C32H31FN6O3/c1-41-29-14-26(32(40)37-27-18-38-9-5-19(27)6-10-38)36-16-24(29)30-13-25-31(42-30)23(4-8-35-25)20-2-3-28(21(12-20)15-34)39-11-7-22(33)17-39/h2-4,8,12-14,16,19,22,27H,5-7,9-11,17-18H2,1H3,(H,37,40)/t22-,27+/m0/s1. The molecule has 2 bridgehead atoms. The number of anilines is 1. The fourth-order valence-electron chi connectivity index (χ4n) is 6.59. The van der Waals surface area contributed by atoms with Crippen LogP contribution in [-0.2, 0) is 0 Å². The van der Waals surface area contributed by atoms with Crippen molar-refractivity contribution in [1.29, 1.82) is 5.26 Å². The molecule has 9 nitrogen and oxygen atoms in total. The fourth-order valence-corrected chi connectivity index (χ4v) is 6.59. The normalized spacial score (nSPS) is 23.2. The summed E-state index contributed by atoms with van der Waals surface area (Å²) in [6.07, 6.45) is 5.11. The van der Waals surface area contributed by atoms with Crippen molar-refractivity contribution in [3.05, 3.63) is 60.0 Å². The van der Waals surface area contributed by atoms with Gasteiger partial charge in [-0.1, -0.05) is 6.07 Å². The van der Waals surface area contributed by atoms with E-state index in [1.54, 1.807) is 25.6 Å². The van der Waals surface area contributed by atoms with Crippen LogP contribution in [0.15, 0.2) is 53.2 Å². The lowest BCUT2D eigenvalue weighted by molar-refractivity contribution is 0.0617. The number of ether oxygens (including phenoxy) is 1. The molecule has 3 aromatic heterocycles. The Balaban J connectivity index is 1.18. The summed E-state index contributed by atoms with van der Waals surface area (Å²) in [6.45, 7) is 3.98. The quantitative estimate of drug-likeness (QED) is 0.354. The number of nitrogens with zero attached hydrogens (tertiary/aromatic N) is 5. The predicted octanol–water partition coefficient (Wildman–Crippen LogP) is 4.81. The molecule has 7 heterocycles. The Labute approximate surface area is 242 Å². The van der Waals surface area contributed by atoms with E-state index in [9.17, 15) is 14.4 Å². The van der Waals surface area contributed by atoms with Crippen LogP contribution >= 0.6 is 0 Å². The predicted molar refractivity (Wildman–Crippen MR) is 156 cm³/mol. The Morgan fingerprint density at radius 3 is 2.67 bits per heavy atom. The maximum absolute atomic E-state index is 13.8. The van der Waals surface area contributed by atoms with Gasteiger partial charge in [0.1, 0.15) is 35.0 Å². The van der Waals surface area contributed by atoms with E-state index >= 15 is 0 Å². The molecular weight excluding hydrogens is 535 g/mol. The van der Waals surface area contributed by atoms with Gasteiger partial charge in [-0.05, 0) is 62.0 Å². The molecule has 0 unspecified atom stereocenters. The van der Waals surface area contributed by atoms with E-state index in [0.717, 1.165) is 49.3 Å². The van der Waals surface area contributed by atoms with Gasteiger partial charge in [0, 0.05) is 55.8 Å². The summed E-state index contributed by atoms with van der Waals surface area (Å²) in [5.41, 5.74) is 4.88. The maximum Gasteiger partial charge on any atom is 0.270 e. The molecule has 10 heteroatoms. The molecule has 0 radical (unpaired) electrons. The Morgan fingerprint density at radius 2 is 1.95 bits per heavy atom. The molecule has 8 rings (SSSR count). The molecular formula is C32H31FN6O3. The van der Waals surface area contributed by atoms with E-state index in [-0.39, 0.29) is 11.9 Å². The number of carbonyl (C=O) groups is 1. The van der Waals surface area contributed by atoms with Crippen LogP contribution in [0, 0.1) is 17.2 Å². The molecule has 1 aromatic carbocycles. The third-order valence-corrected chi connectivity index (χ3v) is 8.87. The molecule has 0 saturated carbocycles. The number of nitrogens with one attached hydrogen (secondary N) is 1. The van der Waals surface area contributed by atoms with Gasteiger partial charge in [-0.3, -0.25) is 14.8 Å². The monoisotopic (exact) mass is 566 g/mol. The van der Waals surface area contributed by atoms with Crippen molar-refractivity contribution >= 4 is 22.7 Å². The van der Waals surface area contributed by atoms with Crippen molar-refractivity contribution < 1.29 is 18.3 Å². The largest absolute Gasteiger partial charge is 0.496 e. The van der Waals surface area contributed by atoms with Crippen molar-refractivity contribution in [2.24, 2.45) is 5.92 Å². The molecule has 4 saturated heterocycles. The highest BCUT2D eigenvalue weighted by atomic mass is 19.1. The summed E-state index contributed by atoms with van der Waals surface area (Å²) in [6, 6.07) is 13.3. The van der Waals surface area contributed by atoms with Crippen molar-refractivity contribution in [3.63, 3.8) is 0 Å². The minimum atomic E-state index is -0.877. The average Bonchev–Trinajstić information content (AvgIpc) is 3.67. The van der Waals surface area contributed by atoms with Crippen molar-refractivity contribution in [3.8, 4) is 34.3 Å². The van der Waals surface area contributed by atoms with Gasteiger partial charge in [-0.15, -0.1) is 0 Å². The van der Waals surface area contributed by atoms with Crippen LogP contribution in [0.3, 0.4) is 0 Å². The summed E-state index contributed by atoms with van der Waals surface area (Å²) in [5.74, 6) is 1.28. The molecule has 4 aromatic rings. The van der Waals surface area contributed by atoms with Gasteiger partial charge in [0.25, 0.3) is 5.91 Å². The van der Waals surface area contributed by atoms with Gasteiger partial charge in [-0.2, -0.15) is 5.26 Å². The minimum Gasteiger partial charge on any atom is -0.496 e. The zero-order valence-corrected chi connectivity index (χ0v) is 23.3. The van der Waals surface area contributed by atoms with Gasteiger partial charge in [0.15, 0.2) is 5.58 Å². The third-order valence-electron chi connectivity index (χ3n) is 8.87. The number of hydrogen-bond acceptors (Lipinski definition) is 8. The topological polar surface area (TPSA) is 108 Å². The van der Waals surface area contributed by atoms with Crippen LogP contribution in [0.5, 0.6) is 5.75 Å². The molecule has 1 amide bonds. The van der Waals surface area contributed by atoms with E-state index < -0.39 is 6.17 Å². The smallest absolute Gasteiger partial charge is 0.270 e. The Morgan fingerprint density at radius 1 is 1.10 bits per heavy atom. The number of hydrogen-bond donors (Lipinski definition) is 1. The maximum atomic E-state index is 13.8. The zero-order chi connectivity index (χ0) is 28.8. The highest BCUT2D eigenvalue weighted by Gasteiger charge is 2.35. The molecule has 4 aliphatic heterocycles. The lowest BCUT2D eigenvalue weighted by Crippen LogP contribution is -2.57. The molecule has 0 aliphatic carbocycles. The van der Waals surface area contributed by atoms with Crippen molar-refractivity contribution in [2.45, 2.75) is 31.5 Å². The number of methoxy groups -OCH3 is 1. The Hall–Kier alpha value is -4.49. The first-order valence-corrected chi connectivity index (χ1v) is 14.4. The number of pyridine rings is 2. The average molecular weight is 567 g/mol. The highest BCUT2D eigenvalue weighted by molar-refractivity contribution is 5.95. The highest BCUT2D eigenvalue weighted by Crippen LogP contribution is 2.38. The van der Waals surface area contributed by atoms with Crippen LogP contribution in [0.2, 0.25) is 0 Å². The summed E-state index contributed by atoms with van der Waals surface area (Å²) in [5, 5.41) is 13.0. The molecule has 214 valence electrons. The molecule has 42 heavy (non-hydrogen) atoms. The zero-order valence-electron chi connectivity index (χ0n) is 23.3. The second-order valence-corrected chi connectivity index (χ2v) is 11.3. The van der Waals surface area contributed by atoms with Gasteiger partial charge in [-0.25, -0.2) is 4.39 Å². The second kappa shape index (κ2) is 10.7. The van der Waals surface area contributed by atoms with Gasteiger partial charge in [0.05, 0.1) is 23.9 Å². The first-order valence-electron chi connectivity index (χ1n) is 14.4. The number of nitriles is 1. The number of amides is 1. The molecule has 2 atom stereocenters. The van der Waals surface area contributed by atoms with Crippen LogP contribution in [0.25, 0.3) is 33.6 Å². The molecule has 1 N–H and O–H groups in total. The summed E-state index contributed by atoms with van der Waals surface area (Å²) in [4.78, 5) is 26.4. The summed E-state index contributed by atoms with van der Waals surface area (Å²) in [7, 11) is 1.55. The minimum absolute atomic E-state index is 0.138. The van der Waals surface area contributed by atoms with E-state index in [0.29, 0.717) is 64.9 Å². The number of carbonyl (C=O) groups excluding carboxylic acids is 1. The van der Waals surface area contributed by atoms with Crippen LogP contribution in [0.4, 0.5) is 10.1 Å². The molecule has 0 spiro atoms. The second-order valence-electron chi connectivity index (χ2n) is 11.3. The number of furan rings is 1. The van der Waals surface area contributed by atoms with Crippen molar-refractivity contribution in [2.75, 3.05) is 44.7 Å². The number of halogens is 1. The van der Waals surface area contributed by atoms with E-state index in [2.05, 4.69) is 26.3 Å². The fraction of sp³-hybridized carbons (Fsp3) is 0.375. The van der Waals surface area contributed by atoms with Gasteiger partial charge in [0.2, 0.25) is 0 Å². The number of rotatable bonds is 6. The van der Waals surface area contributed by atoms with Gasteiger partial charge >= 0.3 is 0 Å². The summed E-state index contributed by atoms with van der Waals surface area (Å²) >= 11 is 0. The molecule has 4 aliphatic rings. The number of piperidine rings is 3. The molecule has 4 fully saturated rings. The third kappa shape index (κ3) is 4.73. The Kier molecular flexibility index (Phi) is 6.75. The van der Waals surface area contributed by atoms with Gasteiger partial charge < -0.3 is 24.3 Å². The number of alkyl halides is 1. The number of fused-ring (bicyclic) bond motifs is 4. The first-order chi connectivity index (χ1) is 20.5. The Bertz CT molecular complexity index is 1710. The first kappa shape index (κ1) is 26.4. The van der Waals surface area contributed by atoms with Crippen LogP contribution in [-0.4, -0.2) is 72.8 Å². The lowest BCUT2D eigenvalue weighted by Gasteiger charge is -2.44. The van der Waals surface area contributed by atoms with E-state index in [1.807, 2.05) is 35.2 Å². The lowest BCUT2D eigenvalue weighted by atomic mass is 9.84. The van der Waals surface area contributed by atoms with Crippen LogP contribution < -0.4 is 15.0 Å². The van der Waals surface area contributed by atoms with E-state index in [1.165, 1.54) is 0 Å². The van der Waals surface area contributed by atoms with E-state index in [4.69, 9.17) is 9.15 Å². The summed E-state index contributed by atoms with van der Waals surface area (Å²) < 4.78 is 25.8. The number of aromatic nitrogens is 2. The van der Waals surface area contributed by atoms with Crippen molar-refractivity contribution in [1.82, 2.24) is 20.2 Å². The SMILES string of the molecule is COc1cc(C(=O)N[C@@H]2CN3CCC2CC3)ncc1-c1cc2nccc(-c3ccc(N4CC[C@H](F)C4)c(C#N)c3)c2o1. The number of benzene rings is 1.